The van der Waals surface area contributed by atoms with Crippen molar-refractivity contribution < 1.29 is 0 Å². The van der Waals surface area contributed by atoms with Crippen LogP contribution in [-0.2, 0) is 6.54 Å². The Morgan fingerprint density at radius 2 is 2.26 bits per heavy atom. The third-order valence-electron chi connectivity index (χ3n) is 3.67. The third kappa shape index (κ3) is 2.68. The Kier molecular flexibility index (Phi) is 3.33. The van der Waals surface area contributed by atoms with Crippen LogP contribution in [0.3, 0.4) is 0 Å². The van der Waals surface area contributed by atoms with E-state index in [0.717, 1.165) is 43.4 Å². The molecule has 0 aliphatic carbocycles. The average Bonchev–Trinajstić information content (AvgIpc) is 3.07. The maximum atomic E-state index is 4.47. The second-order valence-corrected chi connectivity index (χ2v) is 5.19. The molecule has 3 heterocycles. The van der Waals surface area contributed by atoms with E-state index in [0.29, 0.717) is 6.04 Å². The standard InChI is InChI=1S/C13H20N6/c1-10-5-7-19(17-10)9-8-18-6-3-4-12(18)13-14-11(2)15-16-13/h5,7,12H,3-4,6,8-9H2,1-2H3,(H,14,15,16). The molecule has 2 aromatic heterocycles. The van der Waals surface area contributed by atoms with Gasteiger partial charge in [0.1, 0.15) is 5.82 Å². The number of aromatic nitrogens is 5. The van der Waals surface area contributed by atoms with Gasteiger partial charge in [-0.15, -0.1) is 0 Å². The molecule has 0 aromatic carbocycles. The number of hydrogen-bond donors (Lipinski definition) is 1. The van der Waals surface area contributed by atoms with E-state index < -0.39 is 0 Å². The van der Waals surface area contributed by atoms with Gasteiger partial charge < -0.3 is 0 Å². The second kappa shape index (κ2) is 5.13. The number of nitrogens with one attached hydrogen (secondary N) is 1. The predicted molar refractivity (Wildman–Crippen MR) is 71.6 cm³/mol. The van der Waals surface area contributed by atoms with E-state index in [4.69, 9.17) is 0 Å². The molecule has 1 aliphatic heterocycles. The molecule has 1 aliphatic rings. The summed E-state index contributed by atoms with van der Waals surface area (Å²) in [6.45, 7) is 7.01. The van der Waals surface area contributed by atoms with Crippen LogP contribution in [-0.4, -0.2) is 43.0 Å². The number of likely N-dealkylation sites (tertiary alicyclic amines) is 1. The van der Waals surface area contributed by atoms with E-state index in [1.54, 1.807) is 0 Å². The van der Waals surface area contributed by atoms with Crippen LogP contribution in [0.5, 0.6) is 0 Å². The van der Waals surface area contributed by atoms with Crippen molar-refractivity contribution in [1.82, 2.24) is 29.9 Å². The molecule has 6 heteroatoms. The van der Waals surface area contributed by atoms with Crippen LogP contribution in [0.25, 0.3) is 0 Å². The molecule has 0 bridgehead atoms. The van der Waals surface area contributed by atoms with Crippen molar-refractivity contribution >= 4 is 0 Å². The molecule has 0 spiro atoms. The van der Waals surface area contributed by atoms with Crippen LogP contribution in [0, 0.1) is 13.8 Å². The fraction of sp³-hybridized carbons (Fsp3) is 0.615. The monoisotopic (exact) mass is 260 g/mol. The van der Waals surface area contributed by atoms with Crippen LogP contribution in [0.4, 0.5) is 0 Å². The summed E-state index contributed by atoms with van der Waals surface area (Å²) in [7, 11) is 0. The Balaban J connectivity index is 1.63. The van der Waals surface area contributed by atoms with Crippen LogP contribution in [0.1, 0.15) is 36.2 Å². The number of hydrogen-bond acceptors (Lipinski definition) is 4. The van der Waals surface area contributed by atoms with Gasteiger partial charge in [-0.1, -0.05) is 0 Å². The fourth-order valence-corrected chi connectivity index (χ4v) is 2.71. The van der Waals surface area contributed by atoms with Crippen molar-refractivity contribution in [3.8, 4) is 0 Å². The van der Waals surface area contributed by atoms with E-state index in [2.05, 4.69) is 25.2 Å². The van der Waals surface area contributed by atoms with Gasteiger partial charge in [0.05, 0.1) is 18.3 Å². The van der Waals surface area contributed by atoms with Gasteiger partial charge in [0.15, 0.2) is 5.82 Å². The van der Waals surface area contributed by atoms with Crippen LogP contribution in [0.15, 0.2) is 12.3 Å². The minimum absolute atomic E-state index is 0.363. The van der Waals surface area contributed by atoms with Crippen molar-refractivity contribution in [3.05, 3.63) is 29.6 Å². The molecule has 1 saturated heterocycles. The van der Waals surface area contributed by atoms with E-state index >= 15 is 0 Å². The lowest BCUT2D eigenvalue weighted by Crippen LogP contribution is -2.28. The lowest BCUT2D eigenvalue weighted by atomic mass is 10.2. The Morgan fingerprint density at radius 3 is 2.95 bits per heavy atom. The van der Waals surface area contributed by atoms with Gasteiger partial charge in [-0.2, -0.15) is 10.2 Å². The highest BCUT2D eigenvalue weighted by Crippen LogP contribution is 2.29. The Bertz CT molecular complexity index is 543. The van der Waals surface area contributed by atoms with Gasteiger partial charge in [-0.25, -0.2) is 4.98 Å². The number of nitrogens with zero attached hydrogens (tertiary/aromatic N) is 5. The quantitative estimate of drug-likeness (QED) is 0.904. The van der Waals surface area contributed by atoms with Gasteiger partial charge in [-0.05, 0) is 39.3 Å². The van der Waals surface area contributed by atoms with Gasteiger partial charge in [0, 0.05) is 12.7 Å². The highest BCUT2D eigenvalue weighted by Gasteiger charge is 2.28. The molecule has 19 heavy (non-hydrogen) atoms. The van der Waals surface area contributed by atoms with Gasteiger partial charge in [0.2, 0.25) is 0 Å². The molecule has 0 radical (unpaired) electrons. The Morgan fingerprint density at radius 1 is 1.37 bits per heavy atom. The first-order chi connectivity index (χ1) is 9.22. The van der Waals surface area contributed by atoms with Crippen LogP contribution >= 0.6 is 0 Å². The lowest BCUT2D eigenvalue weighted by Gasteiger charge is -2.21. The van der Waals surface area contributed by atoms with Gasteiger partial charge >= 0.3 is 0 Å². The van der Waals surface area contributed by atoms with Crippen molar-refractivity contribution in [1.29, 1.82) is 0 Å². The van der Waals surface area contributed by atoms with Gasteiger partial charge in [0.25, 0.3) is 0 Å². The highest BCUT2D eigenvalue weighted by molar-refractivity contribution is 4.99. The fourth-order valence-electron chi connectivity index (χ4n) is 2.71. The summed E-state index contributed by atoms with van der Waals surface area (Å²) >= 11 is 0. The molecule has 1 N–H and O–H groups in total. The minimum atomic E-state index is 0.363. The van der Waals surface area contributed by atoms with E-state index in [1.165, 1.54) is 6.42 Å². The molecular weight excluding hydrogens is 240 g/mol. The summed E-state index contributed by atoms with van der Waals surface area (Å²) in [5.41, 5.74) is 1.07. The molecule has 3 rings (SSSR count). The second-order valence-electron chi connectivity index (χ2n) is 5.19. The first kappa shape index (κ1) is 12.3. The number of aromatic amines is 1. The minimum Gasteiger partial charge on any atom is -0.291 e. The molecule has 102 valence electrons. The van der Waals surface area contributed by atoms with E-state index in [1.807, 2.05) is 30.8 Å². The molecule has 0 saturated carbocycles. The topological polar surface area (TPSA) is 62.6 Å². The summed E-state index contributed by atoms with van der Waals surface area (Å²) < 4.78 is 2.01. The third-order valence-corrected chi connectivity index (χ3v) is 3.67. The Labute approximate surface area is 112 Å². The van der Waals surface area contributed by atoms with Crippen LogP contribution in [0.2, 0.25) is 0 Å². The molecule has 6 nitrogen and oxygen atoms in total. The summed E-state index contributed by atoms with van der Waals surface area (Å²) in [6.07, 6.45) is 4.41. The number of H-pyrrole nitrogens is 1. The smallest absolute Gasteiger partial charge is 0.167 e. The molecule has 0 amide bonds. The van der Waals surface area contributed by atoms with Crippen molar-refractivity contribution in [2.75, 3.05) is 13.1 Å². The molecule has 2 aromatic rings. The molecule has 1 atom stereocenters. The predicted octanol–water partition coefficient (Wildman–Crippen LogP) is 1.46. The average molecular weight is 260 g/mol. The van der Waals surface area contributed by atoms with Crippen molar-refractivity contribution in [3.63, 3.8) is 0 Å². The molecular formula is C13H20N6. The van der Waals surface area contributed by atoms with Gasteiger partial charge in [-0.3, -0.25) is 14.7 Å². The lowest BCUT2D eigenvalue weighted by molar-refractivity contribution is 0.235. The zero-order chi connectivity index (χ0) is 13.2. The largest absolute Gasteiger partial charge is 0.291 e. The molecule has 1 unspecified atom stereocenters. The summed E-state index contributed by atoms with van der Waals surface area (Å²) in [4.78, 5) is 6.93. The first-order valence-electron chi connectivity index (χ1n) is 6.85. The molecule has 1 fully saturated rings. The van der Waals surface area contributed by atoms with E-state index in [9.17, 15) is 0 Å². The maximum Gasteiger partial charge on any atom is 0.167 e. The highest BCUT2D eigenvalue weighted by atomic mass is 15.3. The number of rotatable bonds is 4. The zero-order valence-electron chi connectivity index (χ0n) is 11.5. The van der Waals surface area contributed by atoms with E-state index in [-0.39, 0.29) is 0 Å². The summed E-state index contributed by atoms with van der Waals surface area (Å²) in [5.74, 6) is 1.83. The first-order valence-corrected chi connectivity index (χ1v) is 6.85. The normalized spacial score (nSPS) is 20.2. The SMILES string of the molecule is Cc1ccn(CCN2CCCC2c2n[nH]c(C)n2)n1. The maximum absolute atomic E-state index is 4.47. The summed E-state index contributed by atoms with van der Waals surface area (Å²) in [6, 6.07) is 2.40. The zero-order valence-corrected chi connectivity index (χ0v) is 11.5. The van der Waals surface area contributed by atoms with Crippen LogP contribution < -0.4 is 0 Å². The number of aryl methyl sites for hydroxylation is 2. The Hall–Kier alpha value is -1.69. The van der Waals surface area contributed by atoms with Crippen molar-refractivity contribution in [2.45, 2.75) is 39.3 Å². The van der Waals surface area contributed by atoms with Crippen molar-refractivity contribution in [2.24, 2.45) is 0 Å². The summed E-state index contributed by atoms with van der Waals surface area (Å²) in [5, 5.41) is 11.7.